The molecule has 0 radical (unpaired) electrons. The topological polar surface area (TPSA) is 99.0 Å². The van der Waals surface area contributed by atoms with Crippen molar-refractivity contribution in [3.8, 4) is 11.5 Å². The van der Waals surface area contributed by atoms with Gasteiger partial charge in [-0.05, 0) is 76.5 Å². The lowest BCUT2D eigenvalue weighted by molar-refractivity contribution is -0.384. The zero-order valence-electron chi connectivity index (χ0n) is 21.0. The van der Waals surface area contributed by atoms with Crippen LogP contribution in [0.15, 0.2) is 89.8 Å². The minimum absolute atomic E-state index is 0.0136. The van der Waals surface area contributed by atoms with Gasteiger partial charge in [0, 0.05) is 12.1 Å². The van der Waals surface area contributed by atoms with Gasteiger partial charge in [0.05, 0.1) is 23.0 Å². The smallest absolute Gasteiger partial charge is 0.293 e. The van der Waals surface area contributed by atoms with Crippen LogP contribution in [-0.4, -0.2) is 27.6 Å². The van der Waals surface area contributed by atoms with Crippen LogP contribution in [0, 0.1) is 10.1 Å². The Labute approximate surface area is 229 Å². The number of nitrogens with zero attached hydrogens (tertiary/aromatic N) is 2. The summed E-state index contributed by atoms with van der Waals surface area (Å²) in [6.45, 7) is 2.65. The third-order valence-corrected chi connectivity index (χ3v) is 7.10. The molecule has 4 aromatic rings. The summed E-state index contributed by atoms with van der Waals surface area (Å²) in [5.74, 6) is 0.647. The number of carbonyl (C=O) groups excluding carboxylic acids is 2. The third kappa shape index (κ3) is 5.78. The highest BCUT2D eigenvalue weighted by molar-refractivity contribution is 8.18. The molecule has 8 nitrogen and oxygen atoms in total. The van der Waals surface area contributed by atoms with E-state index >= 15 is 0 Å². The molecule has 2 amide bonds. The molecule has 196 valence electrons. The molecule has 0 aromatic heterocycles. The van der Waals surface area contributed by atoms with E-state index in [-0.39, 0.29) is 30.0 Å². The first-order valence-corrected chi connectivity index (χ1v) is 13.1. The van der Waals surface area contributed by atoms with Crippen molar-refractivity contribution < 1.29 is 24.0 Å². The van der Waals surface area contributed by atoms with Crippen molar-refractivity contribution in [2.24, 2.45) is 0 Å². The first kappa shape index (κ1) is 26.0. The molecule has 5 rings (SSSR count). The van der Waals surface area contributed by atoms with E-state index in [9.17, 15) is 19.7 Å². The van der Waals surface area contributed by atoms with E-state index in [0.717, 1.165) is 33.7 Å². The molecule has 0 atom stereocenters. The first-order valence-electron chi connectivity index (χ1n) is 12.3. The minimum atomic E-state index is -0.450. The van der Waals surface area contributed by atoms with Crippen LogP contribution >= 0.6 is 11.8 Å². The van der Waals surface area contributed by atoms with E-state index in [0.29, 0.717) is 28.6 Å². The lowest BCUT2D eigenvalue weighted by Crippen LogP contribution is -2.27. The molecule has 0 spiro atoms. The van der Waals surface area contributed by atoms with Gasteiger partial charge in [0.25, 0.3) is 16.8 Å². The second-order valence-electron chi connectivity index (χ2n) is 8.76. The summed E-state index contributed by atoms with van der Waals surface area (Å²) >= 11 is 0.914. The zero-order valence-corrected chi connectivity index (χ0v) is 21.9. The normalized spacial score (nSPS) is 14.3. The van der Waals surface area contributed by atoms with Gasteiger partial charge in [-0.25, -0.2) is 0 Å². The van der Waals surface area contributed by atoms with Gasteiger partial charge >= 0.3 is 0 Å². The fraction of sp³-hybridized carbons (Fsp3) is 0.133. The van der Waals surface area contributed by atoms with Crippen LogP contribution in [0.1, 0.15) is 23.6 Å². The highest BCUT2D eigenvalue weighted by Crippen LogP contribution is 2.36. The number of nitro benzene ring substituents is 1. The summed E-state index contributed by atoms with van der Waals surface area (Å²) in [6.07, 6.45) is 1.68. The average molecular weight is 541 g/mol. The first-order chi connectivity index (χ1) is 18.9. The number of rotatable bonds is 9. The van der Waals surface area contributed by atoms with Crippen LogP contribution < -0.4 is 9.47 Å². The fourth-order valence-electron chi connectivity index (χ4n) is 4.27. The maximum absolute atomic E-state index is 13.2. The number of carbonyl (C=O) groups is 2. The van der Waals surface area contributed by atoms with E-state index in [1.165, 1.54) is 17.0 Å². The molecule has 0 bridgehead atoms. The number of amides is 2. The minimum Gasteiger partial charge on any atom is -0.490 e. The maximum Gasteiger partial charge on any atom is 0.293 e. The molecule has 1 heterocycles. The van der Waals surface area contributed by atoms with Gasteiger partial charge in [-0.15, -0.1) is 0 Å². The monoisotopic (exact) mass is 540 g/mol. The number of imide groups is 1. The Morgan fingerprint density at radius 3 is 2.46 bits per heavy atom. The second kappa shape index (κ2) is 11.4. The van der Waals surface area contributed by atoms with E-state index in [2.05, 4.69) is 0 Å². The van der Waals surface area contributed by atoms with Gasteiger partial charge in [0.15, 0.2) is 11.5 Å². The molecule has 0 unspecified atom stereocenters. The van der Waals surface area contributed by atoms with Gasteiger partial charge in [-0.2, -0.15) is 0 Å². The zero-order chi connectivity index (χ0) is 27.4. The van der Waals surface area contributed by atoms with E-state index in [1.807, 2.05) is 49.4 Å². The average Bonchev–Trinajstić information content (AvgIpc) is 3.20. The molecule has 39 heavy (non-hydrogen) atoms. The quantitative estimate of drug-likeness (QED) is 0.128. The Hall–Kier alpha value is -4.63. The lowest BCUT2D eigenvalue weighted by Gasteiger charge is -2.14. The van der Waals surface area contributed by atoms with E-state index in [4.69, 9.17) is 9.47 Å². The van der Waals surface area contributed by atoms with Crippen molar-refractivity contribution in [3.63, 3.8) is 0 Å². The number of hydrogen-bond acceptors (Lipinski definition) is 7. The molecule has 1 aliphatic rings. The highest BCUT2D eigenvalue weighted by Gasteiger charge is 2.35. The molecule has 1 fully saturated rings. The van der Waals surface area contributed by atoms with Gasteiger partial charge in [-0.1, -0.05) is 48.5 Å². The fourth-order valence-corrected chi connectivity index (χ4v) is 5.10. The standard InChI is InChI=1S/C30H24N2O6S/c1-2-37-27-16-21(12-15-26(27)38-19-20-10-13-24(14-11-20)32(35)36)17-28-29(33)31(30(34)39-28)18-23-8-5-7-22-6-3-4-9-25(22)23/h3-17H,2,18-19H2,1H3/b28-17-. The van der Waals surface area contributed by atoms with Crippen LogP contribution in [0.4, 0.5) is 10.5 Å². The molecular weight excluding hydrogens is 516 g/mol. The molecule has 1 aliphatic heterocycles. The molecule has 0 saturated carbocycles. The summed E-state index contributed by atoms with van der Waals surface area (Å²) < 4.78 is 11.7. The predicted octanol–water partition coefficient (Wildman–Crippen LogP) is 6.96. The van der Waals surface area contributed by atoms with Crippen LogP contribution in [0.3, 0.4) is 0 Å². The SMILES string of the molecule is CCOc1cc(/C=C2\SC(=O)N(Cc3cccc4ccccc34)C2=O)ccc1OCc1ccc([N+](=O)[O-])cc1. The number of fused-ring (bicyclic) bond motifs is 1. The molecule has 0 aliphatic carbocycles. The number of nitro groups is 1. The summed E-state index contributed by atoms with van der Waals surface area (Å²) in [5, 5.41) is 12.6. The predicted molar refractivity (Wildman–Crippen MR) is 151 cm³/mol. The highest BCUT2D eigenvalue weighted by atomic mass is 32.2. The Morgan fingerprint density at radius 1 is 0.923 bits per heavy atom. The number of hydrogen-bond donors (Lipinski definition) is 0. The summed E-state index contributed by atoms with van der Waals surface area (Å²) in [6, 6.07) is 25.2. The molecule has 1 saturated heterocycles. The van der Waals surface area contributed by atoms with E-state index < -0.39 is 4.92 Å². The number of ether oxygens (including phenoxy) is 2. The second-order valence-corrected chi connectivity index (χ2v) is 9.75. The third-order valence-electron chi connectivity index (χ3n) is 6.19. The van der Waals surface area contributed by atoms with Crippen LogP contribution in [0.5, 0.6) is 11.5 Å². The van der Waals surface area contributed by atoms with Crippen LogP contribution in [-0.2, 0) is 17.9 Å². The van der Waals surface area contributed by atoms with Gasteiger partial charge < -0.3 is 9.47 Å². The van der Waals surface area contributed by atoms with Crippen molar-refractivity contribution >= 4 is 45.4 Å². The molecular formula is C30H24N2O6S. The van der Waals surface area contributed by atoms with Gasteiger partial charge in [-0.3, -0.25) is 24.6 Å². The Kier molecular flexibility index (Phi) is 7.60. The molecule has 9 heteroatoms. The van der Waals surface area contributed by atoms with Gasteiger partial charge in [0.2, 0.25) is 0 Å². The Bertz CT molecular complexity index is 1590. The van der Waals surface area contributed by atoms with Crippen molar-refractivity contribution in [3.05, 3.63) is 117 Å². The summed E-state index contributed by atoms with van der Waals surface area (Å²) in [7, 11) is 0. The largest absolute Gasteiger partial charge is 0.490 e. The number of thioether (sulfide) groups is 1. The number of benzene rings is 4. The van der Waals surface area contributed by atoms with E-state index in [1.54, 1.807) is 36.4 Å². The van der Waals surface area contributed by atoms with Crippen molar-refractivity contribution in [2.45, 2.75) is 20.1 Å². The maximum atomic E-state index is 13.2. The van der Waals surface area contributed by atoms with Gasteiger partial charge in [0.1, 0.15) is 6.61 Å². The van der Waals surface area contributed by atoms with Crippen molar-refractivity contribution in [1.29, 1.82) is 0 Å². The van der Waals surface area contributed by atoms with Crippen molar-refractivity contribution in [1.82, 2.24) is 4.90 Å². The molecule has 4 aromatic carbocycles. The Morgan fingerprint density at radius 2 is 1.69 bits per heavy atom. The van der Waals surface area contributed by atoms with Crippen molar-refractivity contribution in [2.75, 3.05) is 6.61 Å². The van der Waals surface area contributed by atoms with Crippen LogP contribution in [0.25, 0.3) is 16.8 Å². The number of non-ortho nitro benzene ring substituents is 1. The summed E-state index contributed by atoms with van der Waals surface area (Å²) in [5.41, 5.74) is 2.38. The molecule has 0 N–H and O–H groups in total. The summed E-state index contributed by atoms with van der Waals surface area (Å²) in [4.78, 5) is 38.0. The Balaban J connectivity index is 1.32. The lowest BCUT2D eigenvalue weighted by atomic mass is 10.0. The van der Waals surface area contributed by atoms with Crippen LogP contribution in [0.2, 0.25) is 0 Å².